The lowest BCUT2D eigenvalue weighted by atomic mass is 10.2. The summed E-state index contributed by atoms with van der Waals surface area (Å²) in [7, 11) is 3.30. The second-order valence-electron chi connectivity index (χ2n) is 5.26. The first-order chi connectivity index (χ1) is 11.8. The molecule has 2 heterocycles. The first-order valence-electron chi connectivity index (χ1n) is 7.66. The lowest BCUT2D eigenvalue weighted by Crippen LogP contribution is -2.15. The molecule has 0 aliphatic rings. The molecule has 0 unspecified atom stereocenters. The van der Waals surface area contributed by atoms with Gasteiger partial charge in [0.2, 0.25) is 0 Å². The number of pyridine rings is 1. The fourth-order valence-corrected chi connectivity index (χ4v) is 2.48. The standard InChI is InChI=1S/C18H20N4O2/c1-23-16-9-14(10-17(11-16)24-2)12-19-13-15-5-3-6-20-18(15)22-8-4-7-21-22/h3-11,19H,12-13H2,1-2H3. The zero-order valence-electron chi connectivity index (χ0n) is 13.8. The van der Waals surface area contributed by atoms with Crippen LogP contribution in [-0.4, -0.2) is 29.0 Å². The van der Waals surface area contributed by atoms with Crippen molar-refractivity contribution >= 4 is 0 Å². The third-order valence-electron chi connectivity index (χ3n) is 3.64. The van der Waals surface area contributed by atoms with E-state index in [0.29, 0.717) is 13.1 Å². The van der Waals surface area contributed by atoms with Gasteiger partial charge in [-0.25, -0.2) is 9.67 Å². The van der Waals surface area contributed by atoms with Crippen LogP contribution in [0.1, 0.15) is 11.1 Å². The third-order valence-corrected chi connectivity index (χ3v) is 3.64. The lowest BCUT2D eigenvalue weighted by Gasteiger charge is -2.11. The second kappa shape index (κ2) is 7.61. The Morgan fingerprint density at radius 2 is 1.79 bits per heavy atom. The van der Waals surface area contributed by atoms with Gasteiger partial charge in [-0.05, 0) is 29.8 Å². The summed E-state index contributed by atoms with van der Waals surface area (Å²) in [4.78, 5) is 4.42. The summed E-state index contributed by atoms with van der Waals surface area (Å²) >= 11 is 0. The van der Waals surface area contributed by atoms with E-state index in [9.17, 15) is 0 Å². The molecule has 6 heteroatoms. The summed E-state index contributed by atoms with van der Waals surface area (Å²) in [5, 5.41) is 7.68. The molecule has 0 spiro atoms. The van der Waals surface area contributed by atoms with Gasteiger partial charge in [-0.2, -0.15) is 5.10 Å². The van der Waals surface area contributed by atoms with Crippen LogP contribution < -0.4 is 14.8 Å². The van der Waals surface area contributed by atoms with E-state index < -0.39 is 0 Å². The molecule has 0 saturated heterocycles. The number of nitrogens with one attached hydrogen (secondary N) is 1. The number of hydrogen-bond donors (Lipinski definition) is 1. The highest BCUT2D eigenvalue weighted by Gasteiger charge is 2.06. The van der Waals surface area contributed by atoms with Gasteiger partial charge in [0.25, 0.3) is 0 Å². The van der Waals surface area contributed by atoms with Gasteiger partial charge in [-0.1, -0.05) is 6.07 Å². The Hall–Kier alpha value is -2.86. The van der Waals surface area contributed by atoms with Crippen molar-refractivity contribution in [2.24, 2.45) is 0 Å². The van der Waals surface area contributed by atoms with E-state index in [1.165, 1.54) is 0 Å². The molecule has 0 bridgehead atoms. The van der Waals surface area contributed by atoms with Gasteiger partial charge in [0.05, 0.1) is 14.2 Å². The van der Waals surface area contributed by atoms with Gasteiger partial charge in [0.1, 0.15) is 11.5 Å². The van der Waals surface area contributed by atoms with Crippen molar-refractivity contribution in [3.05, 3.63) is 66.1 Å². The van der Waals surface area contributed by atoms with Crippen LogP contribution in [0.25, 0.3) is 5.82 Å². The first kappa shape index (κ1) is 16.0. The minimum Gasteiger partial charge on any atom is -0.497 e. The predicted octanol–water partition coefficient (Wildman–Crippen LogP) is 2.57. The van der Waals surface area contributed by atoms with Crippen molar-refractivity contribution in [3.63, 3.8) is 0 Å². The SMILES string of the molecule is COc1cc(CNCc2cccnc2-n2cccn2)cc(OC)c1. The Bertz CT molecular complexity index is 765. The van der Waals surface area contributed by atoms with Gasteiger partial charge >= 0.3 is 0 Å². The van der Waals surface area contributed by atoms with Gasteiger partial charge in [-0.3, -0.25) is 0 Å². The van der Waals surface area contributed by atoms with Crippen LogP contribution in [0.5, 0.6) is 11.5 Å². The molecule has 0 amide bonds. The predicted molar refractivity (Wildman–Crippen MR) is 91.4 cm³/mol. The highest BCUT2D eigenvalue weighted by Crippen LogP contribution is 2.22. The number of ether oxygens (including phenoxy) is 2. The van der Waals surface area contributed by atoms with Crippen LogP contribution in [0.15, 0.2) is 55.0 Å². The molecule has 3 rings (SSSR count). The molecule has 1 N–H and O–H groups in total. The molecule has 0 atom stereocenters. The minimum atomic E-state index is 0.683. The Morgan fingerprint density at radius 1 is 1.00 bits per heavy atom. The van der Waals surface area contributed by atoms with Crippen molar-refractivity contribution < 1.29 is 9.47 Å². The van der Waals surface area contributed by atoms with E-state index in [0.717, 1.165) is 28.4 Å². The quantitative estimate of drug-likeness (QED) is 0.724. The Kier molecular flexibility index (Phi) is 5.08. The highest BCUT2D eigenvalue weighted by molar-refractivity contribution is 5.38. The normalized spacial score (nSPS) is 10.6. The summed E-state index contributed by atoms with van der Waals surface area (Å²) in [5.74, 6) is 2.40. The van der Waals surface area contributed by atoms with Crippen LogP contribution in [0.3, 0.4) is 0 Å². The fraction of sp³-hybridized carbons (Fsp3) is 0.222. The molecular formula is C18H20N4O2. The molecule has 0 aliphatic carbocycles. The summed E-state index contributed by atoms with van der Waals surface area (Å²) in [6.07, 6.45) is 5.40. The molecule has 124 valence electrons. The topological polar surface area (TPSA) is 61.2 Å². The molecular weight excluding hydrogens is 304 g/mol. The third kappa shape index (κ3) is 3.72. The number of methoxy groups -OCH3 is 2. The molecule has 6 nitrogen and oxygen atoms in total. The van der Waals surface area contributed by atoms with Crippen molar-refractivity contribution in [2.45, 2.75) is 13.1 Å². The zero-order chi connectivity index (χ0) is 16.8. The Morgan fingerprint density at radius 3 is 2.46 bits per heavy atom. The molecule has 0 radical (unpaired) electrons. The van der Waals surface area contributed by atoms with Crippen molar-refractivity contribution in [3.8, 4) is 17.3 Å². The maximum Gasteiger partial charge on any atom is 0.157 e. The number of hydrogen-bond acceptors (Lipinski definition) is 5. The molecule has 0 aliphatic heterocycles. The van der Waals surface area contributed by atoms with Gasteiger partial charge in [0, 0.05) is 43.3 Å². The van der Waals surface area contributed by atoms with Gasteiger partial charge in [-0.15, -0.1) is 0 Å². The molecule has 2 aromatic heterocycles. The largest absolute Gasteiger partial charge is 0.497 e. The van der Waals surface area contributed by atoms with Crippen LogP contribution >= 0.6 is 0 Å². The van der Waals surface area contributed by atoms with Crippen molar-refractivity contribution in [1.82, 2.24) is 20.1 Å². The number of aromatic nitrogens is 3. The summed E-state index contributed by atoms with van der Waals surface area (Å²) in [6, 6.07) is 11.7. The number of nitrogens with zero attached hydrogens (tertiary/aromatic N) is 3. The van der Waals surface area contributed by atoms with E-state index in [4.69, 9.17) is 9.47 Å². The lowest BCUT2D eigenvalue weighted by molar-refractivity contribution is 0.393. The van der Waals surface area contributed by atoms with Crippen LogP contribution in [0, 0.1) is 0 Å². The maximum atomic E-state index is 5.30. The van der Waals surface area contributed by atoms with Crippen molar-refractivity contribution in [1.29, 1.82) is 0 Å². The number of rotatable bonds is 7. The highest BCUT2D eigenvalue weighted by atomic mass is 16.5. The van der Waals surface area contributed by atoms with Crippen LogP contribution in [0.4, 0.5) is 0 Å². The van der Waals surface area contributed by atoms with E-state index in [1.807, 2.05) is 42.6 Å². The smallest absolute Gasteiger partial charge is 0.157 e. The first-order valence-corrected chi connectivity index (χ1v) is 7.66. The average molecular weight is 324 g/mol. The molecule has 24 heavy (non-hydrogen) atoms. The minimum absolute atomic E-state index is 0.683. The second-order valence-corrected chi connectivity index (χ2v) is 5.26. The van der Waals surface area contributed by atoms with Crippen LogP contribution in [-0.2, 0) is 13.1 Å². The molecule has 0 fully saturated rings. The van der Waals surface area contributed by atoms with Gasteiger partial charge < -0.3 is 14.8 Å². The van der Waals surface area contributed by atoms with Crippen molar-refractivity contribution in [2.75, 3.05) is 14.2 Å². The summed E-state index contributed by atoms with van der Waals surface area (Å²) < 4.78 is 12.4. The number of benzene rings is 1. The Labute approximate surface area is 141 Å². The zero-order valence-corrected chi connectivity index (χ0v) is 13.8. The van der Waals surface area contributed by atoms with E-state index in [-0.39, 0.29) is 0 Å². The summed E-state index contributed by atoms with van der Waals surface area (Å²) in [6.45, 7) is 1.38. The molecule has 3 aromatic rings. The average Bonchev–Trinajstić information content (AvgIpc) is 3.16. The van der Waals surface area contributed by atoms with Crippen LogP contribution in [0.2, 0.25) is 0 Å². The van der Waals surface area contributed by atoms with E-state index in [2.05, 4.69) is 15.4 Å². The molecule has 0 saturated carbocycles. The fourth-order valence-electron chi connectivity index (χ4n) is 2.48. The maximum absolute atomic E-state index is 5.30. The monoisotopic (exact) mass is 324 g/mol. The van der Waals surface area contributed by atoms with E-state index in [1.54, 1.807) is 31.3 Å². The molecule has 1 aromatic carbocycles. The Balaban J connectivity index is 1.69. The van der Waals surface area contributed by atoms with E-state index >= 15 is 0 Å². The summed E-state index contributed by atoms with van der Waals surface area (Å²) in [5.41, 5.74) is 2.17. The van der Waals surface area contributed by atoms with Gasteiger partial charge in [0.15, 0.2) is 5.82 Å².